The quantitative estimate of drug-likeness (QED) is 0.789. The Morgan fingerprint density at radius 3 is 2.61 bits per heavy atom. The zero-order valence-electron chi connectivity index (χ0n) is 13.1. The molecule has 0 aliphatic rings. The third-order valence-corrected chi connectivity index (χ3v) is 4.76. The van der Waals surface area contributed by atoms with Gasteiger partial charge in [0, 0.05) is 11.6 Å². The monoisotopic (exact) mass is 353 g/mol. The molecule has 7 heteroatoms. The van der Waals surface area contributed by atoms with Crippen molar-refractivity contribution in [3.8, 4) is 0 Å². The number of pyridine rings is 1. The molecule has 1 aromatic carbocycles. The van der Waals surface area contributed by atoms with E-state index in [2.05, 4.69) is 28.9 Å². The van der Waals surface area contributed by atoms with Gasteiger partial charge in [0.2, 0.25) is 0 Å². The largest absolute Gasteiger partial charge is 0.370 e. The number of hydrogen-bond acceptors (Lipinski definition) is 4. The lowest BCUT2D eigenvalue weighted by Crippen LogP contribution is -2.13. The van der Waals surface area contributed by atoms with Gasteiger partial charge in [-0.05, 0) is 42.7 Å². The molecule has 0 radical (unpaired) electrons. The summed E-state index contributed by atoms with van der Waals surface area (Å²) in [6.45, 7) is 5.14. The molecule has 124 valence electrons. The summed E-state index contributed by atoms with van der Waals surface area (Å²) in [5.41, 5.74) is 0.402. The van der Waals surface area contributed by atoms with Crippen molar-refractivity contribution < 1.29 is 8.42 Å². The van der Waals surface area contributed by atoms with E-state index in [-0.39, 0.29) is 4.90 Å². The smallest absolute Gasteiger partial charge is 0.261 e. The molecule has 23 heavy (non-hydrogen) atoms. The summed E-state index contributed by atoms with van der Waals surface area (Å²) in [5.74, 6) is 1.34. The number of rotatable bonds is 7. The van der Waals surface area contributed by atoms with Crippen molar-refractivity contribution in [2.24, 2.45) is 5.92 Å². The summed E-state index contributed by atoms with van der Waals surface area (Å²) in [7, 11) is -3.67. The van der Waals surface area contributed by atoms with Gasteiger partial charge in [-0.2, -0.15) is 0 Å². The molecule has 2 N–H and O–H groups in total. The van der Waals surface area contributed by atoms with Crippen LogP contribution < -0.4 is 10.0 Å². The van der Waals surface area contributed by atoms with E-state index in [1.54, 1.807) is 24.3 Å². The topological polar surface area (TPSA) is 71.1 Å². The van der Waals surface area contributed by atoms with Crippen molar-refractivity contribution in [3.63, 3.8) is 0 Å². The molecule has 0 bridgehead atoms. The molecule has 2 rings (SSSR count). The van der Waals surface area contributed by atoms with Crippen LogP contribution in [-0.2, 0) is 10.0 Å². The van der Waals surface area contributed by atoms with Crippen LogP contribution in [0.5, 0.6) is 0 Å². The summed E-state index contributed by atoms with van der Waals surface area (Å²) < 4.78 is 27.0. The first-order chi connectivity index (χ1) is 10.9. The van der Waals surface area contributed by atoms with E-state index in [4.69, 9.17) is 11.6 Å². The minimum Gasteiger partial charge on any atom is -0.370 e. The van der Waals surface area contributed by atoms with Crippen LogP contribution in [0.4, 0.5) is 11.5 Å². The summed E-state index contributed by atoms with van der Waals surface area (Å²) in [6.07, 6.45) is 2.53. The number of halogens is 1. The molecular weight excluding hydrogens is 334 g/mol. The Labute approximate surface area is 142 Å². The van der Waals surface area contributed by atoms with E-state index in [9.17, 15) is 8.42 Å². The van der Waals surface area contributed by atoms with Gasteiger partial charge in [0.15, 0.2) is 0 Å². The van der Waals surface area contributed by atoms with Gasteiger partial charge in [-0.1, -0.05) is 31.5 Å². The molecule has 0 unspecified atom stereocenters. The molecule has 0 amide bonds. The van der Waals surface area contributed by atoms with Crippen molar-refractivity contribution in [2.45, 2.75) is 25.2 Å². The van der Waals surface area contributed by atoms with Crippen molar-refractivity contribution in [3.05, 3.63) is 47.6 Å². The Morgan fingerprint density at radius 1 is 1.22 bits per heavy atom. The predicted octanol–water partition coefficient (Wildman–Crippen LogP) is 3.99. The Hall–Kier alpha value is -1.79. The molecule has 0 aliphatic heterocycles. The fourth-order valence-electron chi connectivity index (χ4n) is 1.90. The fraction of sp³-hybridized carbons (Fsp3) is 0.312. The number of sulfonamides is 1. The number of nitrogens with zero attached hydrogens (tertiary/aromatic N) is 1. The van der Waals surface area contributed by atoms with E-state index >= 15 is 0 Å². The average molecular weight is 354 g/mol. The summed E-state index contributed by atoms with van der Waals surface area (Å²) >= 11 is 5.83. The maximum Gasteiger partial charge on any atom is 0.261 e. The lowest BCUT2D eigenvalue weighted by Gasteiger charge is -2.10. The number of nitrogens with one attached hydrogen (secondary N) is 2. The predicted molar refractivity (Wildman–Crippen MR) is 94.4 cm³/mol. The molecule has 0 spiro atoms. The van der Waals surface area contributed by atoms with Crippen LogP contribution in [0.1, 0.15) is 20.3 Å². The molecule has 0 aliphatic carbocycles. The van der Waals surface area contributed by atoms with E-state index in [1.165, 1.54) is 18.3 Å². The lowest BCUT2D eigenvalue weighted by atomic mass is 10.1. The van der Waals surface area contributed by atoms with Crippen molar-refractivity contribution in [2.75, 3.05) is 16.6 Å². The molecule has 1 aromatic heterocycles. The van der Waals surface area contributed by atoms with Gasteiger partial charge in [-0.15, -0.1) is 0 Å². The van der Waals surface area contributed by atoms with Crippen LogP contribution in [0.15, 0.2) is 47.5 Å². The number of aromatic nitrogens is 1. The minimum atomic E-state index is -3.67. The second kappa shape index (κ2) is 7.66. The van der Waals surface area contributed by atoms with Crippen molar-refractivity contribution >= 4 is 33.1 Å². The molecule has 1 heterocycles. The van der Waals surface area contributed by atoms with Crippen molar-refractivity contribution in [1.29, 1.82) is 0 Å². The highest BCUT2D eigenvalue weighted by Gasteiger charge is 2.14. The third-order valence-electron chi connectivity index (χ3n) is 3.15. The Balaban J connectivity index is 2.03. The fourth-order valence-corrected chi connectivity index (χ4v) is 3.24. The van der Waals surface area contributed by atoms with Crippen molar-refractivity contribution in [1.82, 2.24) is 4.98 Å². The van der Waals surface area contributed by atoms with E-state index in [0.717, 1.165) is 18.8 Å². The van der Waals surface area contributed by atoms with E-state index < -0.39 is 10.0 Å². The van der Waals surface area contributed by atoms with Crippen LogP contribution in [0.2, 0.25) is 5.02 Å². The van der Waals surface area contributed by atoms with Gasteiger partial charge in [0.1, 0.15) is 5.82 Å². The van der Waals surface area contributed by atoms with Gasteiger partial charge >= 0.3 is 0 Å². The Bertz CT molecular complexity index is 746. The van der Waals surface area contributed by atoms with Gasteiger partial charge in [-0.3, -0.25) is 4.72 Å². The molecule has 0 saturated heterocycles. The SMILES string of the molecule is CC(C)CCNc1ccc(NS(=O)(=O)c2cccc(Cl)c2)cn1. The highest BCUT2D eigenvalue weighted by molar-refractivity contribution is 7.92. The highest BCUT2D eigenvalue weighted by atomic mass is 35.5. The normalized spacial score (nSPS) is 11.5. The molecule has 0 atom stereocenters. The summed E-state index contributed by atoms with van der Waals surface area (Å²) in [4.78, 5) is 4.32. The first-order valence-corrected chi connectivity index (χ1v) is 9.21. The number of hydrogen-bond donors (Lipinski definition) is 2. The maximum atomic E-state index is 12.3. The Kier molecular flexibility index (Phi) is 5.85. The first-order valence-electron chi connectivity index (χ1n) is 7.35. The molecule has 5 nitrogen and oxygen atoms in total. The second-order valence-corrected chi connectivity index (χ2v) is 7.72. The molecule has 2 aromatic rings. The summed E-state index contributed by atoms with van der Waals surface area (Å²) in [6, 6.07) is 9.53. The van der Waals surface area contributed by atoms with Crippen LogP contribution >= 0.6 is 11.6 Å². The zero-order valence-corrected chi connectivity index (χ0v) is 14.7. The third kappa shape index (κ3) is 5.41. The molecular formula is C16H20ClN3O2S. The number of anilines is 2. The highest BCUT2D eigenvalue weighted by Crippen LogP contribution is 2.19. The lowest BCUT2D eigenvalue weighted by molar-refractivity contribution is 0.601. The van der Waals surface area contributed by atoms with Crippen LogP contribution in [0, 0.1) is 5.92 Å². The van der Waals surface area contributed by atoms with E-state index in [0.29, 0.717) is 16.6 Å². The molecule has 0 saturated carbocycles. The minimum absolute atomic E-state index is 0.115. The van der Waals surface area contributed by atoms with E-state index in [1.807, 2.05) is 0 Å². The van der Waals surface area contributed by atoms with Gasteiger partial charge in [0.05, 0.1) is 16.8 Å². The summed E-state index contributed by atoms with van der Waals surface area (Å²) in [5, 5.41) is 3.57. The van der Waals surface area contributed by atoms with Crippen LogP contribution in [0.25, 0.3) is 0 Å². The maximum absolute atomic E-state index is 12.3. The van der Waals surface area contributed by atoms with Gasteiger partial charge in [0.25, 0.3) is 10.0 Å². The Morgan fingerprint density at radius 2 is 2.00 bits per heavy atom. The first kappa shape index (κ1) is 17.6. The van der Waals surface area contributed by atoms with Gasteiger partial charge in [-0.25, -0.2) is 13.4 Å². The van der Waals surface area contributed by atoms with Crippen LogP contribution in [-0.4, -0.2) is 19.9 Å². The van der Waals surface area contributed by atoms with Crippen LogP contribution in [0.3, 0.4) is 0 Å². The standard InChI is InChI=1S/C16H20ClN3O2S/c1-12(2)8-9-18-16-7-6-14(11-19-16)20-23(21,22)15-5-3-4-13(17)10-15/h3-7,10-12,20H,8-9H2,1-2H3,(H,18,19). The average Bonchev–Trinajstić information content (AvgIpc) is 2.48. The molecule has 0 fully saturated rings. The number of benzene rings is 1. The van der Waals surface area contributed by atoms with Gasteiger partial charge < -0.3 is 5.32 Å². The second-order valence-electron chi connectivity index (χ2n) is 5.60. The zero-order chi connectivity index (χ0) is 16.9.